The third-order valence-electron chi connectivity index (χ3n) is 4.43. The van der Waals surface area contributed by atoms with Crippen molar-refractivity contribution >= 4 is 38.6 Å². The number of benzene rings is 1. The Morgan fingerprint density at radius 3 is 2.57 bits per heavy atom. The van der Waals surface area contributed by atoms with Crippen LogP contribution >= 0.6 is 22.6 Å². The molecular weight excluding hydrogens is 405 g/mol. The van der Waals surface area contributed by atoms with Crippen LogP contribution in [0.15, 0.2) is 23.1 Å². The maximum Gasteiger partial charge on any atom is 0.336 e. The van der Waals surface area contributed by atoms with E-state index in [1.165, 1.54) is 31.0 Å². The predicted octanol–water partition coefficient (Wildman–Crippen LogP) is 2.46. The molecule has 0 heterocycles. The summed E-state index contributed by atoms with van der Waals surface area (Å²) in [4.78, 5) is 11.1. The molecule has 21 heavy (non-hydrogen) atoms. The fourth-order valence-electron chi connectivity index (χ4n) is 2.74. The number of rotatable bonds is 6. The van der Waals surface area contributed by atoms with Gasteiger partial charge in [-0.05, 0) is 77.8 Å². The molecule has 2 aliphatic rings. The van der Waals surface area contributed by atoms with E-state index in [0.717, 1.165) is 12.8 Å². The molecule has 2 saturated carbocycles. The minimum absolute atomic E-state index is 0.0156. The maximum atomic E-state index is 12.3. The number of carboxylic acids is 1. The summed E-state index contributed by atoms with van der Waals surface area (Å²) in [6.45, 7) is 0.467. The summed E-state index contributed by atoms with van der Waals surface area (Å²) in [5.41, 5.74) is 0.188. The Labute approximate surface area is 137 Å². The minimum atomic E-state index is -3.65. The molecule has 114 valence electrons. The van der Waals surface area contributed by atoms with Crippen molar-refractivity contribution in [2.45, 2.75) is 30.6 Å². The molecule has 2 N–H and O–H groups in total. The van der Waals surface area contributed by atoms with Crippen molar-refractivity contribution < 1.29 is 18.3 Å². The van der Waals surface area contributed by atoms with Gasteiger partial charge in [-0.15, -0.1) is 0 Å². The smallest absolute Gasteiger partial charge is 0.336 e. The lowest BCUT2D eigenvalue weighted by atomic mass is 10.0. The molecule has 7 heteroatoms. The minimum Gasteiger partial charge on any atom is -0.478 e. The second-order valence-corrected chi connectivity index (χ2v) is 8.84. The Morgan fingerprint density at radius 2 is 2.05 bits per heavy atom. The first kappa shape index (κ1) is 15.2. The van der Waals surface area contributed by atoms with E-state index in [-0.39, 0.29) is 15.9 Å². The Kier molecular flexibility index (Phi) is 3.77. The molecule has 0 aromatic heterocycles. The average molecular weight is 421 g/mol. The zero-order valence-electron chi connectivity index (χ0n) is 11.3. The summed E-state index contributed by atoms with van der Waals surface area (Å²) >= 11 is 1.89. The van der Waals surface area contributed by atoms with Gasteiger partial charge in [-0.1, -0.05) is 0 Å². The number of hydrogen-bond donors (Lipinski definition) is 2. The number of nitrogens with one attached hydrogen (secondary N) is 1. The average Bonchev–Trinajstić information content (AvgIpc) is 3.27. The highest BCUT2D eigenvalue weighted by atomic mass is 127. The van der Waals surface area contributed by atoms with Crippen LogP contribution in [0.4, 0.5) is 0 Å². The third-order valence-corrected chi connectivity index (χ3v) is 6.77. The van der Waals surface area contributed by atoms with Gasteiger partial charge < -0.3 is 5.11 Å². The normalized spacial score (nSPS) is 20.2. The van der Waals surface area contributed by atoms with Crippen LogP contribution in [0.5, 0.6) is 0 Å². The summed E-state index contributed by atoms with van der Waals surface area (Å²) in [5.74, 6) is -0.445. The van der Waals surface area contributed by atoms with Crippen LogP contribution in [0.3, 0.4) is 0 Å². The summed E-state index contributed by atoms with van der Waals surface area (Å²) in [7, 11) is -3.65. The predicted molar refractivity (Wildman–Crippen MR) is 85.7 cm³/mol. The van der Waals surface area contributed by atoms with Gasteiger partial charge >= 0.3 is 5.97 Å². The Morgan fingerprint density at radius 1 is 1.38 bits per heavy atom. The van der Waals surface area contributed by atoms with Crippen molar-refractivity contribution in [2.24, 2.45) is 11.3 Å². The number of carbonyl (C=O) groups is 1. The van der Waals surface area contributed by atoms with E-state index in [0.29, 0.717) is 16.0 Å². The van der Waals surface area contributed by atoms with Crippen molar-refractivity contribution in [1.82, 2.24) is 4.72 Å². The van der Waals surface area contributed by atoms with Crippen molar-refractivity contribution in [1.29, 1.82) is 0 Å². The van der Waals surface area contributed by atoms with Gasteiger partial charge in [0.2, 0.25) is 10.0 Å². The fourth-order valence-corrected chi connectivity index (χ4v) is 4.47. The monoisotopic (exact) mass is 421 g/mol. The first-order valence-electron chi connectivity index (χ1n) is 6.87. The molecule has 2 aliphatic carbocycles. The van der Waals surface area contributed by atoms with Crippen LogP contribution in [-0.4, -0.2) is 26.0 Å². The zero-order chi connectivity index (χ0) is 15.3. The first-order chi connectivity index (χ1) is 9.84. The van der Waals surface area contributed by atoms with Crippen LogP contribution in [0.2, 0.25) is 0 Å². The molecule has 5 nitrogen and oxygen atoms in total. The number of aromatic carboxylic acids is 1. The van der Waals surface area contributed by atoms with Crippen molar-refractivity contribution in [2.75, 3.05) is 6.54 Å². The first-order valence-corrected chi connectivity index (χ1v) is 9.43. The van der Waals surface area contributed by atoms with Crippen LogP contribution < -0.4 is 4.72 Å². The summed E-state index contributed by atoms with van der Waals surface area (Å²) < 4.78 is 27.8. The van der Waals surface area contributed by atoms with E-state index in [1.54, 1.807) is 0 Å². The van der Waals surface area contributed by atoms with E-state index in [2.05, 4.69) is 4.72 Å². The van der Waals surface area contributed by atoms with Crippen molar-refractivity contribution in [3.63, 3.8) is 0 Å². The third kappa shape index (κ3) is 3.09. The van der Waals surface area contributed by atoms with Gasteiger partial charge in [-0.25, -0.2) is 17.9 Å². The maximum absolute atomic E-state index is 12.3. The van der Waals surface area contributed by atoms with Crippen LogP contribution in [-0.2, 0) is 10.0 Å². The van der Waals surface area contributed by atoms with Crippen molar-refractivity contribution in [3.05, 3.63) is 27.3 Å². The molecule has 0 bridgehead atoms. The van der Waals surface area contributed by atoms with Gasteiger partial charge in [-0.3, -0.25) is 0 Å². The second-order valence-electron chi connectivity index (χ2n) is 5.91. The van der Waals surface area contributed by atoms with Gasteiger partial charge in [0.1, 0.15) is 0 Å². The Bertz CT molecular complexity index is 693. The van der Waals surface area contributed by atoms with E-state index < -0.39 is 16.0 Å². The molecule has 2 fully saturated rings. The van der Waals surface area contributed by atoms with Gasteiger partial charge in [0.15, 0.2) is 0 Å². The van der Waals surface area contributed by atoms with E-state index in [1.807, 2.05) is 22.6 Å². The Balaban J connectivity index is 1.78. The lowest BCUT2D eigenvalue weighted by molar-refractivity contribution is 0.0695. The molecule has 0 radical (unpaired) electrons. The molecule has 0 saturated heterocycles. The standard InChI is InChI=1S/C14H16INO4S/c15-12-4-3-10(7-11(12)13(17)18)21(19,20)16-8-14(5-6-14)9-1-2-9/h3-4,7,9,16H,1-2,5-6,8H2,(H,17,18). The van der Waals surface area contributed by atoms with Gasteiger partial charge in [-0.2, -0.15) is 0 Å². The lowest BCUT2D eigenvalue weighted by Crippen LogP contribution is -2.31. The molecular formula is C14H16INO4S. The van der Waals surface area contributed by atoms with E-state index >= 15 is 0 Å². The Hall–Kier alpha value is -0.670. The highest BCUT2D eigenvalue weighted by molar-refractivity contribution is 14.1. The topological polar surface area (TPSA) is 83.5 Å². The largest absolute Gasteiger partial charge is 0.478 e. The summed E-state index contributed by atoms with van der Waals surface area (Å²) in [5, 5.41) is 9.09. The highest BCUT2D eigenvalue weighted by Crippen LogP contribution is 2.60. The molecule has 3 rings (SSSR count). The van der Waals surface area contributed by atoms with Crippen molar-refractivity contribution in [3.8, 4) is 0 Å². The fraction of sp³-hybridized carbons (Fsp3) is 0.500. The van der Waals surface area contributed by atoms with Crippen LogP contribution in [0, 0.1) is 14.9 Å². The molecule has 1 aromatic rings. The van der Waals surface area contributed by atoms with Crippen LogP contribution in [0.1, 0.15) is 36.0 Å². The molecule has 0 unspecified atom stereocenters. The molecule has 0 aliphatic heterocycles. The van der Waals surface area contributed by atoms with E-state index in [4.69, 9.17) is 5.11 Å². The molecule has 0 spiro atoms. The molecule has 0 atom stereocenters. The highest BCUT2D eigenvalue weighted by Gasteiger charge is 2.53. The van der Waals surface area contributed by atoms with Crippen LogP contribution in [0.25, 0.3) is 0 Å². The molecule has 0 amide bonds. The lowest BCUT2D eigenvalue weighted by Gasteiger charge is -2.15. The summed E-state index contributed by atoms with van der Waals surface area (Å²) in [6, 6.07) is 4.20. The van der Waals surface area contributed by atoms with Gasteiger partial charge in [0, 0.05) is 10.1 Å². The molecule has 1 aromatic carbocycles. The van der Waals surface area contributed by atoms with Gasteiger partial charge in [0.05, 0.1) is 10.5 Å². The number of hydrogen-bond acceptors (Lipinski definition) is 3. The number of sulfonamides is 1. The quantitative estimate of drug-likeness (QED) is 0.692. The number of carboxylic acid groups (broad SMARTS) is 1. The second kappa shape index (κ2) is 5.20. The SMILES string of the molecule is O=C(O)c1cc(S(=O)(=O)NCC2(C3CC3)CC2)ccc1I. The van der Waals surface area contributed by atoms with E-state index in [9.17, 15) is 13.2 Å². The zero-order valence-corrected chi connectivity index (χ0v) is 14.3. The summed E-state index contributed by atoms with van der Waals surface area (Å²) in [6.07, 6.45) is 4.59. The number of halogens is 1. The van der Waals surface area contributed by atoms with Gasteiger partial charge in [0.25, 0.3) is 0 Å².